The van der Waals surface area contributed by atoms with Crippen LogP contribution >= 0.6 is 0 Å². The number of aromatic nitrogens is 3. The summed E-state index contributed by atoms with van der Waals surface area (Å²) in [7, 11) is 0. The maximum atomic E-state index is 4.91. The number of rotatable bonds is 3. The van der Waals surface area contributed by atoms with Gasteiger partial charge in [-0.1, -0.05) is 98.8 Å². The number of hydrogen-bond donors (Lipinski definition) is 0. The first-order valence-corrected chi connectivity index (χ1v) is 11.6. The van der Waals surface area contributed by atoms with Crippen molar-refractivity contribution in [1.29, 1.82) is 0 Å². The molecule has 1 aliphatic rings. The number of benzene rings is 4. The Morgan fingerprint density at radius 2 is 1.12 bits per heavy atom. The molecule has 5 aromatic rings. The summed E-state index contributed by atoms with van der Waals surface area (Å²) in [6, 6.07) is 34.1. The van der Waals surface area contributed by atoms with E-state index in [1.54, 1.807) is 0 Å². The van der Waals surface area contributed by atoms with Crippen LogP contribution in [0.5, 0.6) is 0 Å². The van der Waals surface area contributed by atoms with Gasteiger partial charge < -0.3 is 0 Å². The molecule has 34 heavy (non-hydrogen) atoms. The fourth-order valence-electron chi connectivity index (χ4n) is 5.05. The number of nitrogens with zero attached hydrogens (tertiary/aromatic N) is 3. The molecule has 1 heterocycles. The highest BCUT2D eigenvalue weighted by atomic mass is 15.0. The predicted molar refractivity (Wildman–Crippen MR) is 138 cm³/mol. The topological polar surface area (TPSA) is 38.7 Å². The van der Waals surface area contributed by atoms with Crippen molar-refractivity contribution in [3.8, 4) is 45.0 Å². The van der Waals surface area contributed by atoms with Gasteiger partial charge in [0, 0.05) is 16.5 Å². The van der Waals surface area contributed by atoms with Gasteiger partial charge >= 0.3 is 0 Å². The largest absolute Gasteiger partial charge is 0.213 e. The van der Waals surface area contributed by atoms with Gasteiger partial charge in [0.05, 0.1) is 0 Å². The molecule has 0 fully saturated rings. The first kappa shape index (κ1) is 20.5. The van der Waals surface area contributed by atoms with E-state index < -0.39 is 0 Å². The SMILES string of the molecule is Cc1nc(-c2cccc(-c3ccccc3)c2)nc(-c2ccc3c(c2)C(C)(C)c2ccccc2-3)n1. The Morgan fingerprint density at radius 3 is 1.91 bits per heavy atom. The predicted octanol–water partition coefficient (Wildman–Crippen LogP) is 7.49. The van der Waals surface area contributed by atoms with Gasteiger partial charge in [-0.25, -0.2) is 15.0 Å². The van der Waals surface area contributed by atoms with E-state index in [-0.39, 0.29) is 5.41 Å². The van der Waals surface area contributed by atoms with Crippen molar-refractivity contribution in [3.05, 3.63) is 114 Å². The van der Waals surface area contributed by atoms with Crippen LogP contribution in [0.1, 0.15) is 30.8 Å². The van der Waals surface area contributed by atoms with Crippen LogP contribution in [0.3, 0.4) is 0 Å². The Balaban J connectivity index is 1.44. The van der Waals surface area contributed by atoms with Gasteiger partial charge in [0.2, 0.25) is 0 Å². The van der Waals surface area contributed by atoms with Gasteiger partial charge in [0.15, 0.2) is 11.6 Å². The average Bonchev–Trinajstić information content (AvgIpc) is 3.11. The van der Waals surface area contributed by atoms with Crippen LogP contribution in [0, 0.1) is 6.92 Å². The first-order valence-electron chi connectivity index (χ1n) is 11.6. The molecule has 6 rings (SSSR count). The summed E-state index contributed by atoms with van der Waals surface area (Å²) in [5, 5.41) is 0. The summed E-state index contributed by atoms with van der Waals surface area (Å²) in [6.45, 7) is 6.52. The maximum Gasteiger partial charge on any atom is 0.163 e. The summed E-state index contributed by atoms with van der Waals surface area (Å²) in [5.41, 5.74) is 9.57. The molecule has 0 bridgehead atoms. The van der Waals surface area contributed by atoms with E-state index in [4.69, 9.17) is 9.97 Å². The Labute approximate surface area is 200 Å². The summed E-state index contributed by atoms with van der Waals surface area (Å²) in [6.07, 6.45) is 0. The molecule has 0 N–H and O–H groups in total. The lowest BCUT2D eigenvalue weighted by Gasteiger charge is -2.21. The third kappa shape index (κ3) is 3.32. The van der Waals surface area contributed by atoms with Crippen LogP contribution in [0.2, 0.25) is 0 Å². The zero-order chi connectivity index (χ0) is 23.3. The summed E-state index contributed by atoms with van der Waals surface area (Å²) in [4.78, 5) is 14.3. The third-order valence-electron chi connectivity index (χ3n) is 6.82. The van der Waals surface area contributed by atoms with Crippen molar-refractivity contribution in [2.45, 2.75) is 26.2 Å². The number of fused-ring (bicyclic) bond motifs is 3. The molecule has 0 aliphatic heterocycles. The molecule has 0 radical (unpaired) electrons. The second-order valence-electron chi connectivity index (χ2n) is 9.41. The van der Waals surface area contributed by atoms with Crippen molar-refractivity contribution < 1.29 is 0 Å². The van der Waals surface area contributed by atoms with Crippen LogP contribution in [-0.2, 0) is 5.41 Å². The molecule has 0 unspecified atom stereocenters. The average molecular weight is 440 g/mol. The van der Waals surface area contributed by atoms with Gasteiger partial charge in [-0.3, -0.25) is 0 Å². The maximum absolute atomic E-state index is 4.91. The highest BCUT2D eigenvalue weighted by Crippen LogP contribution is 2.49. The lowest BCUT2D eigenvalue weighted by Crippen LogP contribution is -2.15. The van der Waals surface area contributed by atoms with Gasteiger partial charge in [0.25, 0.3) is 0 Å². The molecule has 3 heteroatoms. The van der Waals surface area contributed by atoms with Gasteiger partial charge in [-0.2, -0.15) is 0 Å². The van der Waals surface area contributed by atoms with Crippen LogP contribution in [0.4, 0.5) is 0 Å². The van der Waals surface area contributed by atoms with Gasteiger partial charge in [0.1, 0.15) is 5.82 Å². The van der Waals surface area contributed by atoms with Gasteiger partial charge in [-0.05, 0) is 52.4 Å². The lowest BCUT2D eigenvalue weighted by atomic mass is 9.82. The molecule has 0 atom stereocenters. The van der Waals surface area contributed by atoms with E-state index in [9.17, 15) is 0 Å². The molecule has 0 saturated carbocycles. The second-order valence-corrected chi connectivity index (χ2v) is 9.41. The standard InChI is InChI=1S/C31H25N3/c1-20-32-29(23-13-9-12-22(18-23)21-10-5-4-6-11-21)34-30(33-20)24-16-17-26-25-14-7-8-15-27(25)31(2,3)28(26)19-24/h4-19H,1-3H3. The third-order valence-corrected chi connectivity index (χ3v) is 6.82. The van der Waals surface area contributed by atoms with Crippen LogP contribution in [-0.4, -0.2) is 15.0 Å². The highest BCUT2D eigenvalue weighted by Gasteiger charge is 2.35. The van der Waals surface area contributed by atoms with Crippen molar-refractivity contribution in [1.82, 2.24) is 15.0 Å². The molecule has 0 spiro atoms. The normalized spacial score (nSPS) is 13.4. The van der Waals surface area contributed by atoms with Crippen LogP contribution < -0.4 is 0 Å². The van der Waals surface area contributed by atoms with Gasteiger partial charge in [-0.15, -0.1) is 0 Å². The molecule has 0 amide bonds. The quantitative estimate of drug-likeness (QED) is 0.292. The first-order chi connectivity index (χ1) is 16.5. The summed E-state index contributed by atoms with van der Waals surface area (Å²) < 4.78 is 0. The van der Waals surface area contributed by atoms with E-state index in [0.717, 1.165) is 16.7 Å². The van der Waals surface area contributed by atoms with Crippen molar-refractivity contribution in [2.75, 3.05) is 0 Å². The zero-order valence-corrected chi connectivity index (χ0v) is 19.6. The summed E-state index contributed by atoms with van der Waals surface area (Å²) >= 11 is 0. The van der Waals surface area contributed by atoms with E-state index in [0.29, 0.717) is 17.5 Å². The minimum atomic E-state index is -0.0587. The Hall–Kier alpha value is -4.11. The molecule has 1 aliphatic carbocycles. The van der Waals surface area contributed by atoms with Crippen molar-refractivity contribution >= 4 is 0 Å². The Kier molecular flexibility index (Phi) is 4.66. The lowest BCUT2D eigenvalue weighted by molar-refractivity contribution is 0.660. The van der Waals surface area contributed by atoms with Crippen LogP contribution in [0.25, 0.3) is 45.0 Å². The smallest absolute Gasteiger partial charge is 0.163 e. The molecular formula is C31H25N3. The Morgan fingerprint density at radius 1 is 0.500 bits per heavy atom. The molecule has 1 aromatic heterocycles. The fraction of sp³-hybridized carbons (Fsp3) is 0.129. The number of hydrogen-bond acceptors (Lipinski definition) is 3. The second kappa shape index (κ2) is 7.74. The molecule has 4 aromatic carbocycles. The summed E-state index contributed by atoms with van der Waals surface area (Å²) in [5.74, 6) is 2.12. The van der Waals surface area contributed by atoms with E-state index >= 15 is 0 Å². The number of aryl methyl sites for hydroxylation is 1. The van der Waals surface area contributed by atoms with Crippen LogP contribution in [0.15, 0.2) is 97.1 Å². The van der Waals surface area contributed by atoms with Crippen molar-refractivity contribution in [2.24, 2.45) is 0 Å². The Bertz CT molecular complexity index is 1530. The van der Waals surface area contributed by atoms with E-state index in [1.165, 1.54) is 27.8 Å². The van der Waals surface area contributed by atoms with Crippen molar-refractivity contribution in [3.63, 3.8) is 0 Å². The van der Waals surface area contributed by atoms with E-state index in [2.05, 4.69) is 110 Å². The van der Waals surface area contributed by atoms with E-state index in [1.807, 2.05) is 13.0 Å². The fourth-order valence-corrected chi connectivity index (χ4v) is 5.05. The molecular weight excluding hydrogens is 414 g/mol. The minimum Gasteiger partial charge on any atom is -0.213 e. The zero-order valence-electron chi connectivity index (χ0n) is 19.6. The molecule has 3 nitrogen and oxygen atoms in total. The monoisotopic (exact) mass is 439 g/mol. The molecule has 164 valence electrons. The molecule has 0 saturated heterocycles. The minimum absolute atomic E-state index is 0.0587. The highest BCUT2D eigenvalue weighted by molar-refractivity contribution is 5.83.